The summed E-state index contributed by atoms with van der Waals surface area (Å²) in [6.45, 7) is 1.15. The van der Waals surface area contributed by atoms with Gasteiger partial charge in [0.15, 0.2) is 0 Å². The molecule has 0 aromatic heterocycles. The molecule has 1 aromatic rings. The number of benzene rings is 1. The summed E-state index contributed by atoms with van der Waals surface area (Å²) in [6.07, 6.45) is 1.38. The lowest BCUT2D eigenvalue weighted by atomic mass is 9.90. The Hall–Kier alpha value is -0.800. The second-order valence-corrected chi connectivity index (χ2v) is 4.90. The highest BCUT2D eigenvalue weighted by atomic mass is 35.5. The molecule has 0 atom stereocenters. The van der Waals surface area contributed by atoms with Crippen molar-refractivity contribution in [1.82, 2.24) is 0 Å². The topological polar surface area (TPSA) is 29.3 Å². The van der Waals surface area contributed by atoms with Crippen LogP contribution in [-0.2, 0) is 0 Å². The molecule has 2 N–H and O–H groups in total. The monoisotopic (exact) mass is 242 g/mol. The molecular weight excluding hydrogens is 227 g/mol. The highest BCUT2D eigenvalue weighted by Crippen LogP contribution is 2.26. The minimum Gasteiger partial charge on any atom is -0.371 e. The minimum atomic E-state index is -0.616. The first-order valence-corrected chi connectivity index (χ1v) is 5.86. The molecule has 0 spiro atoms. The molecule has 0 aliphatic carbocycles. The van der Waals surface area contributed by atoms with Crippen LogP contribution in [0.25, 0.3) is 0 Å². The SMILES string of the molecule is NC1(CF)CCN(c2cccc(Cl)c2)CC1. The molecule has 1 heterocycles. The maximum absolute atomic E-state index is 12.7. The first kappa shape index (κ1) is 11.7. The lowest BCUT2D eigenvalue weighted by Crippen LogP contribution is -2.52. The third-order valence-corrected chi connectivity index (χ3v) is 3.43. The van der Waals surface area contributed by atoms with Gasteiger partial charge >= 0.3 is 0 Å². The molecule has 1 aliphatic heterocycles. The Bertz CT molecular complexity index is 362. The van der Waals surface area contributed by atoms with E-state index < -0.39 is 12.2 Å². The van der Waals surface area contributed by atoms with Gasteiger partial charge < -0.3 is 10.6 Å². The number of anilines is 1. The van der Waals surface area contributed by atoms with Crippen LogP contribution in [0.2, 0.25) is 5.02 Å². The van der Waals surface area contributed by atoms with Crippen molar-refractivity contribution in [3.8, 4) is 0 Å². The lowest BCUT2D eigenvalue weighted by molar-refractivity contribution is 0.255. The molecule has 1 aromatic carbocycles. The van der Waals surface area contributed by atoms with Crippen LogP contribution < -0.4 is 10.6 Å². The van der Waals surface area contributed by atoms with Gasteiger partial charge in [-0.1, -0.05) is 17.7 Å². The van der Waals surface area contributed by atoms with Crippen LogP contribution in [0.15, 0.2) is 24.3 Å². The zero-order chi connectivity index (χ0) is 11.6. The van der Waals surface area contributed by atoms with Crippen molar-refractivity contribution in [1.29, 1.82) is 0 Å². The normalized spacial score (nSPS) is 19.8. The van der Waals surface area contributed by atoms with Crippen molar-refractivity contribution in [2.24, 2.45) is 5.73 Å². The van der Waals surface area contributed by atoms with Crippen molar-refractivity contribution in [2.45, 2.75) is 18.4 Å². The Morgan fingerprint density at radius 1 is 1.38 bits per heavy atom. The zero-order valence-electron chi connectivity index (χ0n) is 9.13. The van der Waals surface area contributed by atoms with Crippen LogP contribution in [0, 0.1) is 0 Å². The number of halogens is 2. The molecule has 0 amide bonds. The third-order valence-electron chi connectivity index (χ3n) is 3.20. The number of rotatable bonds is 2. The Labute approximate surface area is 100 Å². The van der Waals surface area contributed by atoms with Crippen LogP contribution in [0.1, 0.15) is 12.8 Å². The fourth-order valence-electron chi connectivity index (χ4n) is 2.02. The van der Waals surface area contributed by atoms with Gasteiger partial charge in [-0.25, -0.2) is 4.39 Å². The van der Waals surface area contributed by atoms with Gasteiger partial charge in [-0.2, -0.15) is 0 Å². The van der Waals surface area contributed by atoms with Crippen molar-refractivity contribution < 1.29 is 4.39 Å². The van der Waals surface area contributed by atoms with Gasteiger partial charge in [0.25, 0.3) is 0 Å². The molecule has 88 valence electrons. The smallest absolute Gasteiger partial charge is 0.107 e. The maximum Gasteiger partial charge on any atom is 0.107 e. The van der Waals surface area contributed by atoms with Gasteiger partial charge in [0.05, 0.1) is 0 Å². The van der Waals surface area contributed by atoms with E-state index in [9.17, 15) is 4.39 Å². The molecule has 0 unspecified atom stereocenters. The second kappa shape index (κ2) is 4.60. The van der Waals surface area contributed by atoms with Crippen LogP contribution in [0.3, 0.4) is 0 Å². The zero-order valence-corrected chi connectivity index (χ0v) is 9.88. The predicted octanol–water partition coefficient (Wildman–Crippen LogP) is 2.61. The molecular formula is C12H16ClFN2. The largest absolute Gasteiger partial charge is 0.371 e. The molecule has 1 saturated heterocycles. The Morgan fingerprint density at radius 3 is 2.62 bits per heavy atom. The van der Waals surface area contributed by atoms with Crippen LogP contribution in [0.5, 0.6) is 0 Å². The predicted molar refractivity (Wildman–Crippen MR) is 65.8 cm³/mol. The van der Waals surface area contributed by atoms with Gasteiger partial charge in [-0.3, -0.25) is 0 Å². The molecule has 4 heteroatoms. The Morgan fingerprint density at radius 2 is 2.06 bits per heavy atom. The van der Waals surface area contributed by atoms with E-state index in [1.165, 1.54) is 0 Å². The van der Waals surface area contributed by atoms with Crippen molar-refractivity contribution in [3.05, 3.63) is 29.3 Å². The fraction of sp³-hybridized carbons (Fsp3) is 0.500. The summed E-state index contributed by atoms with van der Waals surface area (Å²) in [5.41, 5.74) is 6.38. The number of nitrogens with two attached hydrogens (primary N) is 1. The summed E-state index contributed by atoms with van der Waals surface area (Å²) in [5.74, 6) is 0. The highest BCUT2D eigenvalue weighted by Gasteiger charge is 2.30. The molecule has 1 fully saturated rings. The number of nitrogens with zero attached hydrogens (tertiary/aromatic N) is 1. The summed E-state index contributed by atoms with van der Waals surface area (Å²) in [5, 5.41) is 0.729. The van der Waals surface area contributed by atoms with Crippen LogP contribution >= 0.6 is 11.6 Å². The number of piperidine rings is 1. The average Bonchev–Trinajstić information content (AvgIpc) is 2.30. The van der Waals surface area contributed by atoms with Gasteiger partial charge in [0.2, 0.25) is 0 Å². The van der Waals surface area contributed by atoms with Gasteiger partial charge in [-0.15, -0.1) is 0 Å². The lowest BCUT2D eigenvalue weighted by Gasteiger charge is -2.38. The standard InChI is InChI=1S/C12H16ClFN2/c13-10-2-1-3-11(8-10)16-6-4-12(15,9-14)5-7-16/h1-3,8H,4-7,9,15H2. The van der Waals surface area contributed by atoms with E-state index in [4.69, 9.17) is 17.3 Å². The summed E-state index contributed by atoms with van der Waals surface area (Å²) < 4.78 is 12.7. The first-order valence-electron chi connectivity index (χ1n) is 5.48. The van der Waals surface area contributed by atoms with E-state index in [0.29, 0.717) is 12.8 Å². The van der Waals surface area contributed by atoms with Crippen molar-refractivity contribution in [2.75, 3.05) is 24.7 Å². The minimum absolute atomic E-state index is 0.434. The maximum atomic E-state index is 12.7. The van der Waals surface area contributed by atoms with E-state index in [2.05, 4.69) is 4.90 Å². The van der Waals surface area contributed by atoms with Gasteiger partial charge in [0, 0.05) is 29.3 Å². The summed E-state index contributed by atoms with van der Waals surface area (Å²) in [4.78, 5) is 2.20. The number of alkyl halides is 1. The van der Waals surface area contributed by atoms with Crippen LogP contribution in [0.4, 0.5) is 10.1 Å². The molecule has 0 bridgehead atoms. The molecule has 1 aliphatic rings. The van der Waals surface area contributed by atoms with Gasteiger partial charge in [0.1, 0.15) is 6.67 Å². The summed E-state index contributed by atoms with van der Waals surface area (Å²) in [6, 6.07) is 7.73. The summed E-state index contributed by atoms with van der Waals surface area (Å²) >= 11 is 5.94. The average molecular weight is 243 g/mol. The highest BCUT2D eigenvalue weighted by molar-refractivity contribution is 6.30. The van der Waals surface area contributed by atoms with E-state index in [0.717, 1.165) is 23.8 Å². The quantitative estimate of drug-likeness (QED) is 0.864. The summed E-state index contributed by atoms with van der Waals surface area (Å²) in [7, 11) is 0. The molecule has 0 radical (unpaired) electrons. The number of hydrogen-bond donors (Lipinski definition) is 1. The first-order chi connectivity index (χ1) is 7.63. The number of hydrogen-bond acceptors (Lipinski definition) is 2. The van der Waals surface area contributed by atoms with E-state index in [-0.39, 0.29) is 0 Å². The molecule has 2 nitrogen and oxygen atoms in total. The van der Waals surface area contributed by atoms with Crippen molar-refractivity contribution in [3.63, 3.8) is 0 Å². The van der Waals surface area contributed by atoms with E-state index in [1.807, 2.05) is 24.3 Å². The molecule has 16 heavy (non-hydrogen) atoms. The third kappa shape index (κ3) is 2.47. The Kier molecular flexibility index (Phi) is 3.36. The van der Waals surface area contributed by atoms with Gasteiger partial charge in [-0.05, 0) is 31.0 Å². The van der Waals surface area contributed by atoms with Crippen molar-refractivity contribution >= 4 is 17.3 Å². The molecule has 2 rings (SSSR count). The second-order valence-electron chi connectivity index (χ2n) is 4.46. The Balaban J connectivity index is 2.04. The molecule has 0 saturated carbocycles. The van der Waals surface area contributed by atoms with E-state index >= 15 is 0 Å². The van der Waals surface area contributed by atoms with Crippen LogP contribution in [-0.4, -0.2) is 25.3 Å². The van der Waals surface area contributed by atoms with E-state index in [1.54, 1.807) is 0 Å². The fourth-order valence-corrected chi connectivity index (χ4v) is 2.20.